The van der Waals surface area contributed by atoms with Crippen molar-refractivity contribution in [2.45, 2.75) is 20.3 Å². The van der Waals surface area contributed by atoms with Gasteiger partial charge in [-0.1, -0.05) is 6.92 Å². The van der Waals surface area contributed by atoms with Crippen molar-refractivity contribution in [3.05, 3.63) is 29.6 Å². The maximum atomic E-state index is 12.4. The minimum Gasteiger partial charge on any atom is -0.338 e. The van der Waals surface area contributed by atoms with E-state index in [4.69, 9.17) is 5.73 Å². The van der Waals surface area contributed by atoms with Crippen molar-refractivity contribution < 1.29 is 4.79 Å². The van der Waals surface area contributed by atoms with Gasteiger partial charge in [-0.05, 0) is 43.4 Å². The van der Waals surface area contributed by atoms with Crippen LogP contribution in [0.1, 0.15) is 29.3 Å². The van der Waals surface area contributed by atoms with Gasteiger partial charge in [0.15, 0.2) is 0 Å². The number of hydrogen-bond acceptors (Lipinski definition) is 3. The molecule has 0 aromatic carbocycles. The Morgan fingerprint density at radius 3 is 2.89 bits per heavy atom. The average molecular weight is 284 g/mol. The summed E-state index contributed by atoms with van der Waals surface area (Å²) >= 11 is 0. The van der Waals surface area contributed by atoms with Crippen LogP contribution in [0.2, 0.25) is 0 Å². The summed E-state index contributed by atoms with van der Waals surface area (Å²) in [5, 5.41) is 0. The van der Waals surface area contributed by atoms with Gasteiger partial charge >= 0.3 is 0 Å². The number of aromatic nitrogens is 1. The fourth-order valence-corrected chi connectivity index (χ4v) is 2.50. The van der Waals surface area contributed by atoms with Crippen molar-refractivity contribution in [1.29, 1.82) is 0 Å². The van der Waals surface area contributed by atoms with Crippen LogP contribution in [0.25, 0.3) is 0 Å². The van der Waals surface area contributed by atoms with E-state index in [1.54, 1.807) is 12.4 Å². The summed E-state index contributed by atoms with van der Waals surface area (Å²) in [5.74, 6) is 1.10. The van der Waals surface area contributed by atoms with E-state index in [1.165, 1.54) is 0 Å². The van der Waals surface area contributed by atoms with Crippen LogP contribution < -0.4 is 5.73 Å². The highest BCUT2D eigenvalue weighted by Gasteiger charge is 2.28. The fraction of sp³-hybridized carbons (Fsp3) is 0.571. The SMILES string of the molecule is Cc1cncc(C(=O)N2CCC(C)C(CN)C2)c1.Cl. The monoisotopic (exact) mass is 283 g/mol. The molecule has 1 aliphatic rings. The first kappa shape index (κ1) is 15.9. The molecule has 5 heteroatoms. The molecule has 1 aliphatic heterocycles. The minimum atomic E-state index is 0. The summed E-state index contributed by atoms with van der Waals surface area (Å²) in [6.45, 7) is 6.41. The summed E-state index contributed by atoms with van der Waals surface area (Å²) < 4.78 is 0. The van der Waals surface area contributed by atoms with Crippen molar-refractivity contribution in [1.82, 2.24) is 9.88 Å². The molecule has 106 valence electrons. The van der Waals surface area contributed by atoms with E-state index < -0.39 is 0 Å². The molecule has 4 nitrogen and oxygen atoms in total. The van der Waals surface area contributed by atoms with Crippen LogP contribution in [0.3, 0.4) is 0 Å². The summed E-state index contributed by atoms with van der Waals surface area (Å²) in [6, 6.07) is 1.89. The number of carbonyl (C=O) groups excluding carboxylic acids is 1. The molecule has 19 heavy (non-hydrogen) atoms. The lowest BCUT2D eigenvalue weighted by Crippen LogP contribution is -2.45. The predicted molar refractivity (Wildman–Crippen MR) is 78.5 cm³/mol. The van der Waals surface area contributed by atoms with Crippen molar-refractivity contribution >= 4 is 18.3 Å². The number of piperidine rings is 1. The normalized spacial score (nSPS) is 22.8. The van der Waals surface area contributed by atoms with Crippen LogP contribution in [-0.4, -0.2) is 35.4 Å². The van der Waals surface area contributed by atoms with E-state index in [0.29, 0.717) is 23.9 Å². The van der Waals surface area contributed by atoms with Crippen molar-refractivity contribution in [3.8, 4) is 0 Å². The standard InChI is InChI=1S/C14H21N3O.ClH/c1-10-5-12(8-16-7-10)14(18)17-4-3-11(2)13(6-15)9-17;/h5,7-8,11,13H,3-4,6,9,15H2,1-2H3;1H. The number of likely N-dealkylation sites (tertiary alicyclic amines) is 1. The van der Waals surface area contributed by atoms with Crippen LogP contribution in [0.15, 0.2) is 18.5 Å². The Balaban J connectivity index is 0.00000180. The summed E-state index contributed by atoms with van der Waals surface area (Å²) in [4.78, 5) is 18.4. The predicted octanol–water partition coefficient (Wildman–Crippen LogP) is 1.87. The fourth-order valence-electron chi connectivity index (χ4n) is 2.50. The second kappa shape index (κ2) is 6.87. The molecule has 2 heterocycles. The van der Waals surface area contributed by atoms with E-state index in [-0.39, 0.29) is 18.3 Å². The minimum absolute atomic E-state index is 0. The van der Waals surface area contributed by atoms with E-state index in [9.17, 15) is 4.79 Å². The molecule has 1 amide bonds. The zero-order chi connectivity index (χ0) is 13.1. The van der Waals surface area contributed by atoms with Crippen molar-refractivity contribution in [2.24, 2.45) is 17.6 Å². The van der Waals surface area contributed by atoms with Crippen LogP contribution in [0.5, 0.6) is 0 Å². The smallest absolute Gasteiger partial charge is 0.255 e. The highest BCUT2D eigenvalue weighted by molar-refractivity contribution is 5.94. The first-order valence-corrected chi connectivity index (χ1v) is 6.52. The largest absolute Gasteiger partial charge is 0.338 e. The highest BCUT2D eigenvalue weighted by atomic mass is 35.5. The van der Waals surface area contributed by atoms with Gasteiger partial charge in [0.1, 0.15) is 0 Å². The topological polar surface area (TPSA) is 59.2 Å². The van der Waals surface area contributed by atoms with Crippen LogP contribution in [0, 0.1) is 18.8 Å². The van der Waals surface area contributed by atoms with Crippen LogP contribution >= 0.6 is 12.4 Å². The third-order valence-electron chi connectivity index (χ3n) is 3.83. The van der Waals surface area contributed by atoms with E-state index in [1.807, 2.05) is 17.9 Å². The van der Waals surface area contributed by atoms with Gasteiger partial charge in [0.05, 0.1) is 5.56 Å². The molecule has 1 saturated heterocycles. The molecule has 2 rings (SSSR count). The Morgan fingerprint density at radius 1 is 1.53 bits per heavy atom. The van der Waals surface area contributed by atoms with Gasteiger partial charge < -0.3 is 10.6 Å². The molecular formula is C14H22ClN3O. The number of nitrogens with zero attached hydrogens (tertiary/aromatic N) is 2. The lowest BCUT2D eigenvalue weighted by atomic mass is 9.87. The first-order chi connectivity index (χ1) is 8.61. The molecule has 0 radical (unpaired) electrons. The Morgan fingerprint density at radius 2 is 2.26 bits per heavy atom. The molecule has 1 fully saturated rings. The number of rotatable bonds is 2. The van der Waals surface area contributed by atoms with Gasteiger partial charge in [-0.15, -0.1) is 12.4 Å². The molecule has 2 unspecified atom stereocenters. The third kappa shape index (κ3) is 3.67. The van der Waals surface area contributed by atoms with Gasteiger partial charge in [-0.25, -0.2) is 0 Å². The number of aryl methyl sites for hydroxylation is 1. The number of nitrogens with two attached hydrogens (primary N) is 1. The van der Waals surface area contributed by atoms with Gasteiger partial charge in [0.25, 0.3) is 5.91 Å². The van der Waals surface area contributed by atoms with Gasteiger partial charge in [-0.2, -0.15) is 0 Å². The molecule has 0 spiro atoms. The van der Waals surface area contributed by atoms with Crippen LogP contribution in [0.4, 0.5) is 0 Å². The van der Waals surface area contributed by atoms with E-state index >= 15 is 0 Å². The summed E-state index contributed by atoms with van der Waals surface area (Å²) in [6.07, 6.45) is 4.44. The van der Waals surface area contributed by atoms with E-state index in [0.717, 1.165) is 25.1 Å². The zero-order valence-electron chi connectivity index (χ0n) is 11.5. The Hall–Kier alpha value is -1.13. The van der Waals surface area contributed by atoms with E-state index in [2.05, 4.69) is 11.9 Å². The molecule has 1 aromatic heterocycles. The number of amides is 1. The van der Waals surface area contributed by atoms with Gasteiger partial charge in [-0.3, -0.25) is 9.78 Å². The maximum Gasteiger partial charge on any atom is 0.255 e. The van der Waals surface area contributed by atoms with Crippen molar-refractivity contribution in [2.75, 3.05) is 19.6 Å². The zero-order valence-corrected chi connectivity index (χ0v) is 12.3. The highest BCUT2D eigenvalue weighted by Crippen LogP contribution is 2.23. The lowest BCUT2D eigenvalue weighted by molar-refractivity contribution is 0.0618. The number of halogens is 1. The quantitative estimate of drug-likeness (QED) is 0.901. The van der Waals surface area contributed by atoms with Crippen molar-refractivity contribution in [3.63, 3.8) is 0 Å². The van der Waals surface area contributed by atoms with Gasteiger partial charge in [0.2, 0.25) is 0 Å². The number of pyridine rings is 1. The summed E-state index contributed by atoms with van der Waals surface area (Å²) in [5.41, 5.74) is 7.46. The third-order valence-corrected chi connectivity index (χ3v) is 3.83. The lowest BCUT2D eigenvalue weighted by Gasteiger charge is -2.36. The summed E-state index contributed by atoms with van der Waals surface area (Å²) in [7, 11) is 0. The molecule has 2 N–H and O–H groups in total. The Kier molecular flexibility index (Phi) is 5.76. The molecule has 1 aromatic rings. The molecule has 0 bridgehead atoms. The Labute approximate surface area is 120 Å². The van der Waals surface area contributed by atoms with Gasteiger partial charge in [0, 0.05) is 25.5 Å². The maximum absolute atomic E-state index is 12.4. The molecular weight excluding hydrogens is 262 g/mol. The first-order valence-electron chi connectivity index (χ1n) is 6.52. The average Bonchev–Trinajstić information content (AvgIpc) is 2.38. The second-order valence-electron chi connectivity index (χ2n) is 5.26. The molecule has 0 saturated carbocycles. The second-order valence-corrected chi connectivity index (χ2v) is 5.26. The number of hydrogen-bond donors (Lipinski definition) is 1. The number of carbonyl (C=O) groups is 1. The molecule has 2 atom stereocenters. The van der Waals surface area contributed by atoms with Crippen LogP contribution in [-0.2, 0) is 0 Å². The Bertz CT molecular complexity index is 438. The molecule has 0 aliphatic carbocycles.